The molecule has 0 aliphatic heterocycles. The first-order valence-corrected chi connectivity index (χ1v) is 7.35. The molecular formula is C18H22FNO. The minimum atomic E-state index is -0.200. The second-order valence-corrected chi connectivity index (χ2v) is 5.08. The van der Waals surface area contributed by atoms with Crippen molar-refractivity contribution in [3.8, 4) is 5.75 Å². The average molecular weight is 287 g/mol. The Morgan fingerprint density at radius 2 is 1.81 bits per heavy atom. The van der Waals surface area contributed by atoms with E-state index in [2.05, 4.69) is 18.3 Å². The number of halogens is 1. The van der Waals surface area contributed by atoms with Gasteiger partial charge in [-0.25, -0.2) is 4.39 Å². The van der Waals surface area contributed by atoms with Gasteiger partial charge >= 0.3 is 0 Å². The number of ether oxygens (including phenoxy) is 1. The Kier molecular flexibility index (Phi) is 5.76. The van der Waals surface area contributed by atoms with Gasteiger partial charge in [0.2, 0.25) is 0 Å². The molecule has 0 radical (unpaired) electrons. The van der Waals surface area contributed by atoms with Crippen molar-refractivity contribution in [1.29, 1.82) is 0 Å². The van der Waals surface area contributed by atoms with Crippen molar-refractivity contribution in [3.63, 3.8) is 0 Å². The molecule has 0 saturated carbocycles. The Labute approximate surface area is 126 Å². The first-order valence-electron chi connectivity index (χ1n) is 7.35. The van der Waals surface area contributed by atoms with E-state index in [0.717, 1.165) is 36.3 Å². The smallest absolute Gasteiger partial charge is 0.123 e. The van der Waals surface area contributed by atoms with Crippen molar-refractivity contribution >= 4 is 0 Å². The SMILES string of the molecule is CCCNC(Cc1ccc(F)cc1)c1ccccc1OC. The zero-order valence-corrected chi connectivity index (χ0v) is 12.6. The van der Waals surface area contributed by atoms with E-state index >= 15 is 0 Å². The van der Waals surface area contributed by atoms with E-state index in [1.807, 2.05) is 30.3 Å². The maximum absolute atomic E-state index is 13.0. The van der Waals surface area contributed by atoms with Gasteiger partial charge in [0, 0.05) is 11.6 Å². The molecule has 2 rings (SSSR count). The lowest BCUT2D eigenvalue weighted by molar-refractivity contribution is 0.398. The molecule has 2 nitrogen and oxygen atoms in total. The first-order chi connectivity index (χ1) is 10.2. The summed E-state index contributed by atoms with van der Waals surface area (Å²) in [6, 6.07) is 14.9. The summed E-state index contributed by atoms with van der Waals surface area (Å²) < 4.78 is 18.5. The molecule has 0 spiro atoms. The van der Waals surface area contributed by atoms with Crippen molar-refractivity contribution in [1.82, 2.24) is 5.32 Å². The molecule has 2 aromatic rings. The molecule has 21 heavy (non-hydrogen) atoms. The molecule has 0 fully saturated rings. The Bertz CT molecular complexity index is 553. The van der Waals surface area contributed by atoms with Gasteiger partial charge in [-0.1, -0.05) is 37.3 Å². The molecule has 2 aromatic carbocycles. The first kappa shape index (κ1) is 15.5. The van der Waals surface area contributed by atoms with E-state index in [-0.39, 0.29) is 11.9 Å². The Morgan fingerprint density at radius 1 is 1.10 bits per heavy atom. The van der Waals surface area contributed by atoms with Gasteiger partial charge < -0.3 is 10.1 Å². The molecular weight excluding hydrogens is 265 g/mol. The van der Waals surface area contributed by atoms with Gasteiger partial charge in [0.05, 0.1) is 7.11 Å². The van der Waals surface area contributed by atoms with Crippen LogP contribution in [0.4, 0.5) is 4.39 Å². The summed E-state index contributed by atoms with van der Waals surface area (Å²) in [4.78, 5) is 0. The van der Waals surface area contributed by atoms with E-state index in [0.29, 0.717) is 0 Å². The van der Waals surface area contributed by atoms with E-state index in [1.165, 1.54) is 12.1 Å². The van der Waals surface area contributed by atoms with Crippen LogP contribution in [-0.4, -0.2) is 13.7 Å². The number of benzene rings is 2. The van der Waals surface area contributed by atoms with Gasteiger partial charge in [-0.05, 0) is 43.1 Å². The summed E-state index contributed by atoms with van der Waals surface area (Å²) >= 11 is 0. The number of hydrogen-bond donors (Lipinski definition) is 1. The second-order valence-electron chi connectivity index (χ2n) is 5.08. The van der Waals surface area contributed by atoms with Crippen molar-refractivity contribution in [3.05, 3.63) is 65.5 Å². The van der Waals surface area contributed by atoms with E-state index < -0.39 is 0 Å². The van der Waals surface area contributed by atoms with Gasteiger partial charge in [0.1, 0.15) is 11.6 Å². The molecule has 0 saturated heterocycles. The summed E-state index contributed by atoms with van der Waals surface area (Å²) in [6.45, 7) is 3.08. The molecule has 1 unspecified atom stereocenters. The second kappa shape index (κ2) is 7.79. The molecule has 0 heterocycles. The van der Waals surface area contributed by atoms with E-state index in [4.69, 9.17) is 4.74 Å². The van der Waals surface area contributed by atoms with E-state index in [1.54, 1.807) is 7.11 Å². The summed E-state index contributed by atoms with van der Waals surface area (Å²) in [5.74, 6) is 0.683. The maximum Gasteiger partial charge on any atom is 0.123 e. The zero-order valence-electron chi connectivity index (χ0n) is 12.6. The molecule has 0 aliphatic rings. The highest BCUT2D eigenvalue weighted by Gasteiger charge is 2.15. The molecule has 112 valence electrons. The fraction of sp³-hybridized carbons (Fsp3) is 0.333. The molecule has 0 aliphatic carbocycles. The van der Waals surface area contributed by atoms with Crippen LogP contribution in [0.25, 0.3) is 0 Å². The van der Waals surface area contributed by atoms with Crippen LogP contribution in [0.2, 0.25) is 0 Å². The van der Waals surface area contributed by atoms with Crippen LogP contribution in [0.3, 0.4) is 0 Å². The van der Waals surface area contributed by atoms with Crippen molar-refractivity contribution < 1.29 is 9.13 Å². The zero-order chi connectivity index (χ0) is 15.1. The summed E-state index contributed by atoms with van der Waals surface area (Å²) in [5.41, 5.74) is 2.24. The highest BCUT2D eigenvalue weighted by molar-refractivity contribution is 5.37. The largest absolute Gasteiger partial charge is 0.496 e. The summed E-state index contributed by atoms with van der Waals surface area (Å²) in [7, 11) is 1.69. The Balaban J connectivity index is 2.23. The summed E-state index contributed by atoms with van der Waals surface area (Å²) in [5, 5.41) is 3.55. The lowest BCUT2D eigenvalue weighted by Crippen LogP contribution is -2.24. The summed E-state index contributed by atoms with van der Waals surface area (Å²) in [6.07, 6.45) is 1.87. The van der Waals surface area contributed by atoms with Gasteiger partial charge in [-0.3, -0.25) is 0 Å². The standard InChI is InChI=1S/C18H22FNO/c1-3-12-20-17(13-14-8-10-15(19)11-9-14)16-6-4-5-7-18(16)21-2/h4-11,17,20H,3,12-13H2,1-2H3. The third kappa shape index (κ3) is 4.30. The normalized spacial score (nSPS) is 12.1. The highest BCUT2D eigenvalue weighted by atomic mass is 19.1. The van der Waals surface area contributed by atoms with Gasteiger partial charge in [0.15, 0.2) is 0 Å². The maximum atomic E-state index is 13.0. The quantitative estimate of drug-likeness (QED) is 0.827. The molecule has 3 heteroatoms. The number of hydrogen-bond acceptors (Lipinski definition) is 2. The number of para-hydroxylation sites is 1. The predicted octanol–water partition coefficient (Wildman–Crippen LogP) is 4.12. The fourth-order valence-corrected chi connectivity index (χ4v) is 2.42. The van der Waals surface area contributed by atoms with Crippen LogP contribution in [-0.2, 0) is 6.42 Å². The predicted molar refractivity (Wildman–Crippen MR) is 84.1 cm³/mol. The average Bonchev–Trinajstić information content (AvgIpc) is 2.53. The molecule has 0 amide bonds. The molecule has 1 atom stereocenters. The van der Waals surface area contributed by atoms with Crippen LogP contribution in [0, 0.1) is 5.82 Å². The van der Waals surface area contributed by atoms with Crippen molar-refractivity contribution in [2.45, 2.75) is 25.8 Å². The third-order valence-corrected chi connectivity index (χ3v) is 3.51. The number of methoxy groups -OCH3 is 1. The van der Waals surface area contributed by atoms with E-state index in [9.17, 15) is 4.39 Å². The third-order valence-electron chi connectivity index (χ3n) is 3.51. The highest BCUT2D eigenvalue weighted by Crippen LogP contribution is 2.27. The van der Waals surface area contributed by atoms with Crippen LogP contribution in [0.15, 0.2) is 48.5 Å². The minimum absolute atomic E-state index is 0.159. The van der Waals surface area contributed by atoms with Crippen LogP contribution >= 0.6 is 0 Å². The number of rotatable bonds is 7. The van der Waals surface area contributed by atoms with Crippen LogP contribution < -0.4 is 10.1 Å². The molecule has 0 bridgehead atoms. The van der Waals surface area contributed by atoms with Gasteiger partial charge in [-0.2, -0.15) is 0 Å². The lowest BCUT2D eigenvalue weighted by atomic mass is 9.98. The fourth-order valence-electron chi connectivity index (χ4n) is 2.42. The van der Waals surface area contributed by atoms with Gasteiger partial charge in [-0.15, -0.1) is 0 Å². The minimum Gasteiger partial charge on any atom is -0.496 e. The van der Waals surface area contributed by atoms with Crippen molar-refractivity contribution in [2.75, 3.05) is 13.7 Å². The number of nitrogens with one attached hydrogen (secondary N) is 1. The van der Waals surface area contributed by atoms with Crippen LogP contribution in [0.5, 0.6) is 5.75 Å². The van der Waals surface area contributed by atoms with Gasteiger partial charge in [0.25, 0.3) is 0 Å². The Hall–Kier alpha value is -1.87. The van der Waals surface area contributed by atoms with Crippen molar-refractivity contribution in [2.24, 2.45) is 0 Å². The molecule has 0 aromatic heterocycles. The molecule has 1 N–H and O–H groups in total. The lowest BCUT2D eigenvalue weighted by Gasteiger charge is -2.21. The topological polar surface area (TPSA) is 21.3 Å². The Morgan fingerprint density at radius 3 is 2.48 bits per heavy atom. The van der Waals surface area contributed by atoms with Crippen LogP contribution in [0.1, 0.15) is 30.5 Å². The monoisotopic (exact) mass is 287 g/mol.